The predicted octanol–water partition coefficient (Wildman–Crippen LogP) is 3.26. The maximum absolute atomic E-state index is 13.0. The van der Waals surface area contributed by atoms with Crippen molar-refractivity contribution in [2.45, 2.75) is 18.9 Å². The van der Waals surface area contributed by atoms with E-state index in [0.29, 0.717) is 28.5 Å². The number of imide groups is 1. The molecule has 2 aromatic carbocycles. The van der Waals surface area contributed by atoms with Crippen LogP contribution in [0, 0.1) is 0 Å². The Labute approximate surface area is 160 Å². The van der Waals surface area contributed by atoms with E-state index in [4.69, 9.17) is 21.1 Å². The van der Waals surface area contributed by atoms with E-state index in [1.807, 2.05) is 37.3 Å². The number of fused-ring (bicyclic) bond motifs is 1. The minimum absolute atomic E-state index is 0.0960. The lowest BCUT2D eigenvalue weighted by molar-refractivity contribution is -0.131. The van der Waals surface area contributed by atoms with Crippen LogP contribution in [0.5, 0.6) is 11.5 Å². The first-order chi connectivity index (χ1) is 13.0. The van der Waals surface area contributed by atoms with E-state index < -0.39 is 17.5 Å². The summed E-state index contributed by atoms with van der Waals surface area (Å²) in [6.45, 7) is 1.94. The number of ether oxygens (including phenoxy) is 2. The van der Waals surface area contributed by atoms with E-state index in [1.54, 1.807) is 12.1 Å². The number of benzene rings is 2. The van der Waals surface area contributed by atoms with Crippen molar-refractivity contribution < 1.29 is 19.1 Å². The first kappa shape index (κ1) is 17.4. The van der Waals surface area contributed by atoms with Crippen LogP contribution in [0.4, 0.5) is 4.79 Å². The Balaban J connectivity index is 1.63. The summed E-state index contributed by atoms with van der Waals surface area (Å²) in [5, 5.41) is 8.07. The van der Waals surface area contributed by atoms with Crippen LogP contribution >= 0.6 is 11.6 Å². The van der Waals surface area contributed by atoms with E-state index in [9.17, 15) is 9.59 Å². The monoisotopic (exact) mass is 385 g/mol. The molecule has 138 valence electrons. The Morgan fingerprint density at radius 1 is 1.26 bits per heavy atom. The number of hydrazone groups is 1. The van der Waals surface area contributed by atoms with Crippen molar-refractivity contribution >= 4 is 29.8 Å². The summed E-state index contributed by atoms with van der Waals surface area (Å²) in [6.07, 6.45) is 1.80. The molecule has 7 nitrogen and oxygen atoms in total. The fourth-order valence-corrected chi connectivity index (χ4v) is 3.49. The third-order valence-electron chi connectivity index (χ3n) is 4.64. The zero-order chi connectivity index (χ0) is 19.0. The first-order valence-corrected chi connectivity index (χ1v) is 8.78. The number of rotatable bonds is 4. The number of hydrogen-bond acceptors (Lipinski definition) is 5. The second kappa shape index (κ2) is 6.59. The molecule has 0 spiro atoms. The average molecular weight is 386 g/mol. The van der Waals surface area contributed by atoms with Crippen LogP contribution in [0.15, 0.2) is 47.6 Å². The van der Waals surface area contributed by atoms with Crippen molar-refractivity contribution in [3.63, 3.8) is 0 Å². The molecule has 27 heavy (non-hydrogen) atoms. The Hall–Kier alpha value is -3.06. The van der Waals surface area contributed by atoms with Crippen LogP contribution in [0.2, 0.25) is 5.02 Å². The van der Waals surface area contributed by atoms with Gasteiger partial charge < -0.3 is 14.8 Å². The summed E-state index contributed by atoms with van der Waals surface area (Å²) in [4.78, 5) is 25.4. The molecule has 4 rings (SSSR count). The molecule has 1 atom stereocenters. The number of nitrogens with one attached hydrogen (secondary N) is 1. The van der Waals surface area contributed by atoms with Gasteiger partial charge in [-0.05, 0) is 29.7 Å². The van der Waals surface area contributed by atoms with Gasteiger partial charge in [0.25, 0.3) is 5.91 Å². The molecule has 8 heteroatoms. The van der Waals surface area contributed by atoms with Crippen LogP contribution in [-0.2, 0) is 10.3 Å². The van der Waals surface area contributed by atoms with E-state index in [0.717, 1.165) is 10.6 Å². The molecular weight excluding hydrogens is 370 g/mol. The number of urea groups is 1. The smallest absolute Gasteiger partial charge is 0.346 e. The summed E-state index contributed by atoms with van der Waals surface area (Å²) in [5.74, 6) is 0.538. The standard InChI is InChI=1S/C19H16ClN3O4/c1-2-19(13-6-4-3-5-7-13)17(24)23(18(25)22-19)21-10-12-8-14(20)16-15(9-12)26-11-27-16/h3-10H,2,11H2,1H3,(H,22,25)/b21-10-/t19-/m0/s1. The molecule has 0 aliphatic carbocycles. The Kier molecular flexibility index (Phi) is 4.24. The molecule has 0 radical (unpaired) electrons. The summed E-state index contributed by atoms with van der Waals surface area (Å²) in [6, 6.07) is 11.9. The van der Waals surface area contributed by atoms with Crippen LogP contribution < -0.4 is 14.8 Å². The molecule has 0 aromatic heterocycles. The summed E-state index contributed by atoms with van der Waals surface area (Å²) >= 11 is 6.15. The van der Waals surface area contributed by atoms with Crippen molar-refractivity contribution in [3.05, 3.63) is 58.6 Å². The topological polar surface area (TPSA) is 80.2 Å². The summed E-state index contributed by atoms with van der Waals surface area (Å²) in [5.41, 5.74) is 0.176. The number of nitrogens with zero attached hydrogens (tertiary/aromatic N) is 2. The molecule has 0 bridgehead atoms. The van der Waals surface area contributed by atoms with Crippen molar-refractivity contribution in [1.29, 1.82) is 0 Å². The number of amides is 3. The third kappa shape index (κ3) is 2.80. The van der Waals surface area contributed by atoms with Gasteiger partial charge in [-0.2, -0.15) is 5.10 Å². The highest BCUT2D eigenvalue weighted by atomic mass is 35.5. The van der Waals surface area contributed by atoms with Crippen molar-refractivity contribution in [2.24, 2.45) is 5.10 Å². The Morgan fingerprint density at radius 3 is 2.78 bits per heavy atom. The van der Waals surface area contributed by atoms with Gasteiger partial charge in [-0.25, -0.2) is 4.79 Å². The molecule has 2 heterocycles. The van der Waals surface area contributed by atoms with Gasteiger partial charge in [-0.15, -0.1) is 5.01 Å². The normalized spacial score (nSPS) is 21.2. The summed E-state index contributed by atoms with van der Waals surface area (Å²) < 4.78 is 10.6. The lowest BCUT2D eigenvalue weighted by Crippen LogP contribution is -2.43. The minimum Gasteiger partial charge on any atom is -0.454 e. The molecule has 1 fully saturated rings. The van der Waals surface area contributed by atoms with Crippen LogP contribution in [-0.4, -0.2) is 30.0 Å². The quantitative estimate of drug-likeness (QED) is 0.647. The van der Waals surface area contributed by atoms with Crippen LogP contribution in [0.1, 0.15) is 24.5 Å². The predicted molar refractivity (Wildman–Crippen MR) is 99.0 cm³/mol. The van der Waals surface area contributed by atoms with Crippen LogP contribution in [0.3, 0.4) is 0 Å². The molecule has 0 saturated carbocycles. The SMILES string of the molecule is CC[C@@]1(c2ccccc2)NC(=O)N(/N=C\c2cc(Cl)c3c(c2)OCO3)C1=O. The van der Waals surface area contributed by atoms with Gasteiger partial charge in [0.15, 0.2) is 11.5 Å². The van der Waals surface area contributed by atoms with Gasteiger partial charge in [0, 0.05) is 0 Å². The number of hydrogen-bond donors (Lipinski definition) is 1. The molecule has 2 aliphatic heterocycles. The highest BCUT2D eigenvalue weighted by molar-refractivity contribution is 6.32. The number of carbonyl (C=O) groups is 2. The lowest BCUT2D eigenvalue weighted by atomic mass is 9.87. The third-order valence-corrected chi connectivity index (χ3v) is 4.92. The second-order valence-corrected chi connectivity index (χ2v) is 6.56. The largest absolute Gasteiger partial charge is 0.454 e. The van der Waals surface area contributed by atoms with Crippen molar-refractivity contribution in [2.75, 3.05) is 6.79 Å². The van der Waals surface area contributed by atoms with Crippen molar-refractivity contribution in [3.8, 4) is 11.5 Å². The van der Waals surface area contributed by atoms with Gasteiger partial charge in [0.2, 0.25) is 6.79 Å². The molecular formula is C19H16ClN3O4. The maximum atomic E-state index is 13.0. The minimum atomic E-state index is -1.12. The van der Waals surface area contributed by atoms with E-state index in [-0.39, 0.29) is 6.79 Å². The van der Waals surface area contributed by atoms with E-state index in [2.05, 4.69) is 10.4 Å². The molecule has 3 amide bonds. The zero-order valence-corrected chi connectivity index (χ0v) is 15.2. The van der Waals surface area contributed by atoms with Crippen LogP contribution in [0.25, 0.3) is 0 Å². The molecule has 0 unspecified atom stereocenters. The number of carbonyl (C=O) groups excluding carboxylic acids is 2. The van der Waals surface area contributed by atoms with Gasteiger partial charge in [0.1, 0.15) is 5.54 Å². The highest BCUT2D eigenvalue weighted by Gasteiger charge is 2.51. The highest BCUT2D eigenvalue weighted by Crippen LogP contribution is 2.39. The molecule has 2 aromatic rings. The second-order valence-electron chi connectivity index (χ2n) is 6.15. The fourth-order valence-electron chi connectivity index (χ4n) is 3.22. The molecule has 1 saturated heterocycles. The van der Waals surface area contributed by atoms with Gasteiger partial charge >= 0.3 is 6.03 Å². The van der Waals surface area contributed by atoms with Gasteiger partial charge in [-0.1, -0.05) is 48.9 Å². The summed E-state index contributed by atoms with van der Waals surface area (Å²) in [7, 11) is 0. The zero-order valence-electron chi connectivity index (χ0n) is 14.4. The Morgan fingerprint density at radius 2 is 2.04 bits per heavy atom. The fraction of sp³-hybridized carbons (Fsp3) is 0.211. The van der Waals surface area contributed by atoms with Gasteiger partial charge in [0.05, 0.1) is 11.2 Å². The van der Waals surface area contributed by atoms with Crippen molar-refractivity contribution in [1.82, 2.24) is 10.3 Å². The molecule has 2 aliphatic rings. The van der Waals surface area contributed by atoms with E-state index in [1.165, 1.54) is 6.21 Å². The molecule has 1 N–H and O–H groups in total. The Bertz CT molecular complexity index is 947. The average Bonchev–Trinajstić information content (AvgIpc) is 3.24. The first-order valence-electron chi connectivity index (χ1n) is 8.40. The van der Waals surface area contributed by atoms with Gasteiger partial charge in [-0.3, -0.25) is 4.79 Å². The number of halogens is 1. The van der Waals surface area contributed by atoms with E-state index >= 15 is 0 Å². The maximum Gasteiger partial charge on any atom is 0.346 e. The lowest BCUT2D eigenvalue weighted by Gasteiger charge is -2.24.